The number of para-hydroxylation sites is 1. The smallest absolute Gasteiger partial charge is 0.237 e. The summed E-state index contributed by atoms with van der Waals surface area (Å²) in [5, 5.41) is 0. The van der Waals surface area contributed by atoms with Crippen molar-refractivity contribution >= 4 is 13.9 Å². The molecule has 0 aliphatic heterocycles. The van der Waals surface area contributed by atoms with Gasteiger partial charge in [0, 0.05) is 5.92 Å². The van der Waals surface area contributed by atoms with Crippen molar-refractivity contribution in [1.29, 1.82) is 0 Å². The first-order valence-electron chi connectivity index (χ1n) is 9.91. The standard InChI is InChI=1S/C23H24FO5P/c24-22-12-11-20(21(22)15-27-14-19-10-13-23(29-19)30(25)26)16-6-8-18(9-7-16)28-17-4-2-1-3-5-17/h1-10,13,20-22,25-26H,11-12,14-15H2. The van der Waals surface area contributed by atoms with Crippen molar-refractivity contribution in [3.8, 4) is 11.5 Å². The van der Waals surface area contributed by atoms with Gasteiger partial charge >= 0.3 is 0 Å². The van der Waals surface area contributed by atoms with Crippen LogP contribution < -0.4 is 10.2 Å². The van der Waals surface area contributed by atoms with Gasteiger partial charge in [0.2, 0.25) is 8.38 Å². The lowest BCUT2D eigenvalue weighted by molar-refractivity contribution is 0.0510. The molecule has 0 amide bonds. The van der Waals surface area contributed by atoms with E-state index in [0.717, 1.165) is 23.5 Å². The number of rotatable bonds is 8. The SMILES string of the molecule is OP(O)c1ccc(COCC2C(F)CCC2c2ccc(Oc3ccccc3)cc2)o1. The van der Waals surface area contributed by atoms with Gasteiger partial charge in [-0.15, -0.1) is 0 Å². The first-order chi connectivity index (χ1) is 14.6. The molecule has 5 nitrogen and oxygen atoms in total. The van der Waals surface area contributed by atoms with Crippen LogP contribution >= 0.6 is 8.38 Å². The molecule has 1 aliphatic carbocycles. The molecule has 1 aromatic heterocycles. The lowest BCUT2D eigenvalue weighted by atomic mass is 9.89. The van der Waals surface area contributed by atoms with E-state index in [4.69, 9.17) is 23.7 Å². The minimum Gasteiger partial charge on any atom is -0.457 e. The van der Waals surface area contributed by atoms with Crippen molar-refractivity contribution in [2.75, 3.05) is 6.61 Å². The highest BCUT2D eigenvalue weighted by Crippen LogP contribution is 2.42. The molecule has 30 heavy (non-hydrogen) atoms. The molecule has 0 radical (unpaired) electrons. The van der Waals surface area contributed by atoms with Crippen LogP contribution in [0.25, 0.3) is 0 Å². The Morgan fingerprint density at radius 3 is 2.37 bits per heavy atom. The Hall–Kier alpha value is -2.24. The maximum Gasteiger partial charge on any atom is 0.237 e. The van der Waals surface area contributed by atoms with E-state index in [9.17, 15) is 4.39 Å². The Morgan fingerprint density at radius 2 is 1.67 bits per heavy atom. The second-order valence-corrected chi connectivity index (χ2v) is 8.41. The zero-order valence-corrected chi connectivity index (χ0v) is 17.3. The third kappa shape index (κ3) is 5.08. The summed E-state index contributed by atoms with van der Waals surface area (Å²) in [7, 11) is -2.25. The molecule has 3 unspecified atom stereocenters. The van der Waals surface area contributed by atoms with Crippen LogP contribution in [0.5, 0.6) is 11.5 Å². The molecule has 2 N–H and O–H groups in total. The van der Waals surface area contributed by atoms with Gasteiger partial charge in [0.05, 0.1) is 6.61 Å². The van der Waals surface area contributed by atoms with Crippen molar-refractivity contribution in [2.24, 2.45) is 5.92 Å². The molecule has 0 spiro atoms. The van der Waals surface area contributed by atoms with Crippen LogP contribution in [0.3, 0.4) is 0 Å². The summed E-state index contributed by atoms with van der Waals surface area (Å²) in [4.78, 5) is 18.3. The molecule has 7 heteroatoms. The third-order valence-corrected chi connectivity index (χ3v) is 6.06. The molecule has 1 aliphatic rings. The predicted molar refractivity (Wildman–Crippen MR) is 113 cm³/mol. The van der Waals surface area contributed by atoms with Crippen molar-refractivity contribution in [3.05, 3.63) is 78.1 Å². The summed E-state index contributed by atoms with van der Waals surface area (Å²) in [5.74, 6) is 1.87. The Labute approximate surface area is 176 Å². The number of alkyl halides is 1. The molecule has 3 aromatic rings. The Bertz CT molecular complexity index is 928. The molecule has 4 rings (SSSR count). The Kier molecular flexibility index (Phi) is 6.80. The van der Waals surface area contributed by atoms with Gasteiger partial charge < -0.3 is 23.7 Å². The van der Waals surface area contributed by atoms with E-state index in [1.165, 1.54) is 6.07 Å². The number of halogens is 1. The lowest BCUT2D eigenvalue weighted by Gasteiger charge is -2.21. The van der Waals surface area contributed by atoms with Gasteiger partial charge in [-0.05, 0) is 60.7 Å². The molecule has 1 fully saturated rings. The van der Waals surface area contributed by atoms with E-state index >= 15 is 0 Å². The first kappa shape index (κ1) is 21.0. The van der Waals surface area contributed by atoms with Crippen molar-refractivity contribution in [3.63, 3.8) is 0 Å². The molecule has 1 heterocycles. The highest BCUT2D eigenvalue weighted by Gasteiger charge is 2.37. The molecular formula is C23H24FO5P. The van der Waals surface area contributed by atoms with Crippen LogP contribution in [0, 0.1) is 5.92 Å². The fourth-order valence-corrected chi connectivity index (χ4v) is 4.32. The zero-order valence-electron chi connectivity index (χ0n) is 16.4. The van der Waals surface area contributed by atoms with E-state index in [-0.39, 0.29) is 30.6 Å². The number of furan rings is 1. The summed E-state index contributed by atoms with van der Waals surface area (Å²) >= 11 is 0. The van der Waals surface area contributed by atoms with E-state index in [1.54, 1.807) is 6.07 Å². The summed E-state index contributed by atoms with van der Waals surface area (Å²) in [5.41, 5.74) is 1.21. The Balaban J connectivity index is 1.35. The van der Waals surface area contributed by atoms with Gasteiger partial charge in [-0.25, -0.2) is 4.39 Å². The first-order valence-corrected chi connectivity index (χ1v) is 11.2. The zero-order chi connectivity index (χ0) is 20.9. The quantitative estimate of drug-likeness (QED) is 0.490. The number of benzene rings is 2. The fraction of sp³-hybridized carbons (Fsp3) is 0.304. The normalized spacial score (nSPS) is 21.3. The molecule has 0 bridgehead atoms. The van der Waals surface area contributed by atoms with Crippen LogP contribution in [0.2, 0.25) is 0 Å². The monoisotopic (exact) mass is 430 g/mol. The van der Waals surface area contributed by atoms with Gasteiger partial charge in [-0.3, -0.25) is 0 Å². The van der Waals surface area contributed by atoms with Crippen molar-refractivity contribution in [1.82, 2.24) is 0 Å². The van der Waals surface area contributed by atoms with Crippen LogP contribution in [-0.2, 0) is 11.3 Å². The third-order valence-electron chi connectivity index (χ3n) is 5.42. The van der Waals surface area contributed by atoms with E-state index in [0.29, 0.717) is 12.2 Å². The van der Waals surface area contributed by atoms with Gasteiger partial charge in [0.25, 0.3) is 0 Å². The number of ether oxygens (including phenoxy) is 2. The maximum absolute atomic E-state index is 14.5. The van der Waals surface area contributed by atoms with Crippen LogP contribution in [0.15, 0.2) is 71.1 Å². The summed E-state index contributed by atoms with van der Waals surface area (Å²) < 4.78 is 31.4. The van der Waals surface area contributed by atoms with Crippen LogP contribution in [0.4, 0.5) is 4.39 Å². The molecular weight excluding hydrogens is 406 g/mol. The summed E-state index contributed by atoms with van der Waals surface area (Å²) in [6.45, 7) is 0.445. The summed E-state index contributed by atoms with van der Waals surface area (Å²) in [6, 6.07) is 20.6. The average Bonchev–Trinajstić information content (AvgIpc) is 3.37. The van der Waals surface area contributed by atoms with E-state index < -0.39 is 14.5 Å². The van der Waals surface area contributed by atoms with Gasteiger partial charge in [0.15, 0.2) is 5.50 Å². The minimum atomic E-state index is -2.25. The minimum absolute atomic E-state index is 0.0839. The highest BCUT2D eigenvalue weighted by molar-refractivity contribution is 7.53. The predicted octanol–water partition coefficient (Wildman–Crippen LogP) is 5.04. The van der Waals surface area contributed by atoms with Crippen LogP contribution in [-0.4, -0.2) is 22.6 Å². The van der Waals surface area contributed by atoms with Gasteiger partial charge in [-0.2, -0.15) is 0 Å². The Morgan fingerprint density at radius 1 is 0.933 bits per heavy atom. The van der Waals surface area contributed by atoms with E-state index in [2.05, 4.69) is 0 Å². The molecule has 158 valence electrons. The van der Waals surface area contributed by atoms with Crippen molar-refractivity contribution in [2.45, 2.75) is 31.5 Å². The molecule has 3 atom stereocenters. The van der Waals surface area contributed by atoms with Crippen molar-refractivity contribution < 1.29 is 28.1 Å². The van der Waals surface area contributed by atoms with Crippen LogP contribution in [0.1, 0.15) is 30.1 Å². The average molecular weight is 430 g/mol. The fourth-order valence-electron chi connectivity index (χ4n) is 3.91. The molecule has 1 saturated carbocycles. The largest absolute Gasteiger partial charge is 0.457 e. The summed E-state index contributed by atoms with van der Waals surface area (Å²) in [6.07, 6.45) is 0.383. The topological polar surface area (TPSA) is 72.1 Å². The maximum atomic E-state index is 14.5. The van der Waals surface area contributed by atoms with Gasteiger partial charge in [0.1, 0.15) is 30.0 Å². The number of hydrogen-bond acceptors (Lipinski definition) is 5. The number of hydrogen-bond donors (Lipinski definition) is 2. The second kappa shape index (κ2) is 9.71. The van der Waals surface area contributed by atoms with E-state index in [1.807, 2.05) is 54.6 Å². The molecule has 0 saturated heterocycles. The highest BCUT2D eigenvalue weighted by atomic mass is 31.2. The van der Waals surface area contributed by atoms with Gasteiger partial charge in [-0.1, -0.05) is 30.3 Å². The molecule has 2 aromatic carbocycles. The second-order valence-electron chi connectivity index (χ2n) is 7.39. The lowest BCUT2D eigenvalue weighted by Crippen LogP contribution is -2.21.